The van der Waals surface area contributed by atoms with Crippen LogP contribution in [-0.2, 0) is 16.1 Å². The van der Waals surface area contributed by atoms with Gasteiger partial charge in [-0.15, -0.1) is 5.06 Å². The van der Waals surface area contributed by atoms with Gasteiger partial charge in [0.05, 0.1) is 26.3 Å². The summed E-state index contributed by atoms with van der Waals surface area (Å²) in [5, 5.41) is 2.99. The second-order valence-corrected chi connectivity index (χ2v) is 8.60. The Morgan fingerprint density at radius 2 is 1.87 bits per heavy atom. The summed E-state index contributed by atoms with van der Waals surface area (Å²) in [6.07, 6.45) is -0.411. The quantitative estimate of drug-likeness (QED) is 0.694. The fourth-order valence-electron chi connectivity index (χ4n) is 3.98. The molecule has 0 bridgehead atoms. The number of fused-ring (bicyclic) bond motifs is 1. The molecule has 30 heavy (non-hydrogen) atoms. The van der Waals surface area contributed by atoms with E-state index in [9.17, 15) is 4.79 Å². The van der Waals surface area contributed by atoms with Crippen LogP contribution in [0.25, 0.3) is 0 Å². The van der Waals surface area contributed by atoms with E-state index in [0.29, 0.717) is 36.3 Å². The van der Waals surface area contributed by atoms with Crippen molar-refractivity contribution in [3.05, 3.63) is 63.1 Å². The standard InChI is InChI=1S/C22H25Cl2N3O3/c1-25-13-19(18-11-16(23)12-21(24)20(18)14-25)15-3-5-17(6-4-15)26(2)22(28)30-27-7-9-29-10-8-27/h3-6,11-12,19H,7-10,13-14H2,1-2H3. The normalized spacial score (nSPS) is 19.9. The molecule has 1 amide bonds. The number of hydrogen-bond donors (Lipinski definition) is 0. The minimum Gasteiger partial charge on any atom is -0.379 e. The van der Waals surface area contributed by atoms with Gasteiger partial charge < -0.3 is 14.5 Å². The largest absolute Gasteiger partial charge is 0.433 e. The van der Waals surface area contributed by atoms with Crippen molar-refractivity contribution >= 4 is 35.0 Å². The molecule has 160 valence electrons. The predicted molar refractivity (Wildman–Crippen MR) is 118 cm³/mol. The van der Waals surface area contributed by atoms with E-state index in [4.69, 9.17) is 32.8 Å². The molecule has 2 aromatic rings. The Labute approximate surface area is 186 Å². The summed E-state index contributed by atoms with van der Waals surface area (Å²) in [5.74, 6) is 0.162. The summed E-state index contributed by atoms with van der Waals surface area (Å²) in [6, 6.07) is 11.8. The number of hydrogen-bond acceptors (Lipinski definition) is 5. The van der Waals surface area contributed by atoms with Gasteiger partial charge in [0.25, 0.3) is 0 Å². The predicted octanol–water partition coefficient (Wildman–Crippen LogP) is 4.39. The van der Waals surface area contributed by atoms with Crippen LogP contribution in [0.15, 0.2) is 36.4 Å². The minimum atomic E-state index is -0.411. The van der Waals surface area contributed by atoms with Crippen molar-refractivity contribution in [3.8, 4) is 0 Å². The molecule has 0 aliphatic carbocycles. The molecule has 0 spiro atoms. The lowest BCUT2D eigenvalue weighted by molar-refractivity contribution is -0.143. The molecule has 1 saturated heterocycles. The first-order valence-corrected chi connectivity index (χ1v) is 10.7. The van der Waals surface area contributed by atoms with E-state index in [1.807, 2.05) is 18.2 Å². The topological polar surface area (TPSA) is 45.2 Å². The number of amides is 1. The highest BCUT2D eigenvalue weighted by molar-refractivity contribution is 6.35. The third-order valence-corrected chi connectivity index (χ3v) is 6.18. The molecule has 1 fully saturated rings. The molecule has 2 aromatic carbocycles. The van der Waals surface area contributed by atoms with Gasteiger partial charge in [-0.1, -0.05) is 35.3 Å². The van der Waals surface area contributed by atoms with Crippen LogP contribution in [0, 0.1) is 0 Å². The molecule has 8 heteroatoms. The average molecular weight is 450 g/mol. The average Bonchev–Trinajstić information content (AvgIpc) is 2.74. The van der Waals surface area contributed by atoms with Crippen molar-refractivity contribution in [2.24, 2.45) is 0 Å². The number of anilines is 1. The highest BCUT2D eigenvalue weighted by atomic mass is 35.5. The lowest BCUT2D eigenvalue weighted by atomic mass is 9.84. The number of morpholine rings is 1. The van der Waals surface area contributed by atoms with Crippen molar-refractivity contribution in [1.82, 2.24) is 9.96 Å². The maximum Gasteiger partial charge on any atom is 0.433 e. The van der Waals surface area contributed by atoms with E-state index in [0.717, 1.165) is 29.9 Å². The summed E-state index contributed by atoms with van der Waals surface area (Å²) in [4.78, 5) is 21.7. The van der Waals surface area contributed by atoms with Gasteiger partial charge in [-0.2, -0.15) is 0 Å². The van der Waals surface area contributed by atoms with E-state index < -0.39 is 6.09 Å². The minimum absolute atomic E-state index is 0.162. The van der Waals surface area contributed by atoms with Gasteiger partial charge in [0.15, 0.2) is 0 Å². The van der Waals surface area contributed by atoms with Crippen LogP contribution in [0.3, 0.4) is 0 Å². The fraction of sp³-hybridized carbons (Fsp3) is 0.409. The van der Waals surface area contributed by atoms with Crippen molar-refractivity contribution < 1.29 is 14.4 Å². The van der Waals surface area contributed by atoms with Gasteiger partial charge in [-0.05, 0) is 48.0 Å². The first-order valence-electron chi connectivity index (χ1n) is 9.97. The van der Waals surface area contributed by atoms with E-state index >= 15 is 0 Å². The third-order valence-electron chi connectivity index (χ3n) is 5.63. The third kappa shape index (κ3) is 4.58. The molecular weight excluding hydrogens is 425 g/mol. The lowest BCUT2D eigenvalue weighted by Crippen LogP contribution is -2.41. The highest BCUT2D eigenvalue weighted by Crippen LogP contribution is 2.38. The molecule has 0 N–H and O–H groups in total. The van der Waals surface area contributed by atoms with Crippen LogP contribution in [-0.4, -0.2) is 63.0 Å². The summed E-state index contributed by atoms with van der Waals surface area (Å²) in [7, 11) is 3.80. The van der Waals surface area contributed by atoms with Crippen molar-refractivity contribution in [3.63, 3.8) is 0 Å². The van der Waals surface area contributed by atoms with Crippen LogP contribution >= 0.6 is 23.2 Å². The molecular formula is C22H25Cl2N3O3. The maximum atomic E-state index is 12.5. The van der Waals surface area contributed by atoms with Gasteiger partial charge in [-0.3, -0.25) is 4.90 Å². The Kier molecular flexibility index (Phi) is 6.51. The molecule has 4 rings (SSSR count). The molecule has 0 saturated carbocycles. The number of likely N-dealkylation sites (N-methyl/N-ethyl adjacent to an activating group) is 1. The number of halogens is 2. The van der Waals surface area contributed by atoms with E-state index in [-0.39, 0.29) is 5.92 Å². The number of benzene rings is 2. The zero-order valence-electron chi connectivity index (χ0n) is 17.1. The second-order valence-electron chi connectivity index (χ2n) is 7.75. The Hall–Kier alpha value is -1.83. The summed E-state index contributed by atoms with van der Waals surface area (Å²) in [6.45, 7) is 3.97. The van der Waals surface area contributed by atoms with Gasteiger partial charge >= 0.3 is 6.09 Å². The number of nitrogens with zero attached hydrogens (tertiary/aromatic N) is 3. The van der Waals surface area contributed by atoms with Crippen LogP contribution in [0.1, 0.15) is 22.6 Å². The second kappa shape index (κ2) is 9.12. The first kappa shape index (κ1) is 21.4. The number of carbonyl (C=O) groups excluding carboxylic acids is 1. The monoisotopic (exact) mass is 449 g/mol. The molecule has 0 radical (unpaired) electrons. The van der Waals surface area contributed by atoms with Gasteiger partial charge in [0.2, 0.25) is 0 Å². The van der Waals surface area contributed by atoms with E-state index in [1.165, 1.54) is 10.5 Å². The van der Waals surface area contributed by atoms with Crippen LogP contribution in [0.5, 0.6) is 0 Å². The number of hydroxylamine groups is 2. The fourth-order valence-corrected chi connectivity index (χ4v) is 4.54. The number of ether oxygens (including phenoxy) is 1. The van der Waals surface area contributed by atoms with Crippen molar-refractivity contribution in [1.29, 1.82) is 0 Å². The maximum absolute atomic E-state index is 12.5. The molecule has 2 heterocycles. The van der Waals surface area contributed by atoms with Gasteiger partial charge in [0, 0.05) is 41.8 Å². The number of carbonyl (C=O) groups is 1. The summed E-state index contributed by atoms with van der Waals surface area (Å²) in [5.41, 5.74) is 4.21. The van der Waals surface area contributed by atoms with Crippen LogP contribution in [0.4, 0.5) is 10.5 Å². The molecule has 2 aliphatic heterocycles. The molecule has 1 unspecified atom stereocenters. The van der Waals surface area contributed by atoms with Crippen LogP contribution in [0.2, 0.25) is 10.0 Å². The van der Waals surface area contributed by atoms with Gasteiger partial charge in [-0.25, -0.2) is 4.79 Å². The summed E-state index contributed by atoms with van der Waals surface area (Å²) >= 11 is 12.8. The zero-order chi connectivity index (χ0) is 21.3. The first-order chi connectivity index (χ1) is 14.4. The van der Waals surface area contributed by atoms with Gasteiger partial charge in [0.1, 0.15) is 0 Å². The lowest BCUT2D eigenvalue weighted by Gasteiger charge is -2.33. The van der Waals surface area contributed by atoms with Crippen LogP contribution < -0.4 is 4.90 Å². The number of rotatable bonds is 3. The Morgan fingerprint density at radius 3 is 2.57 bits per heavy atom. The SMILES string of the molecule is CN1Cc2c(Cl)cc(Cl)cc2C(c2ccc(N(C)C(=O)ON3CCOCC3)cc2)C1. The van der Waals surface area contributed by atoms with E-state index in [2.05, 4.69) is 24.1 Å². The Bertz CT molecular complexity index is 917. The zero-order valence-corrected chi connectivity index (χ0v) is 18.6. The highest BCUT2D eigenvalue weighted by Gasteiger charge is 2.27. The van der Waals surface area contributed by atoms with Crippen molar-refractivity contribution in [2.45, 2.75) is 12.5 Å². The van der Waals surface area contributed by atoms with Crippen molar-refractivity contribution in [2.75, 3.05) is 51.8 Å². The molecule has 0 aromatic heterocycles. The molecule has 2 aliphatic rings. The van der Waals surface area contributed by atoms with E-state index in [1.54, 1.807) is 18.2 Å². The smallest absolute Gasteiger partial charge is 0.379 e. The molecule has 6 nitrogen and oxygen atoms in total. The Balaban J connectivity index is 1.52. The Morgan fingerprint density at radius 1 is 1.17 bits per heavy atom. The summed E-state index contributed by atoms with van der Waals surface area (Å²) < 4.78 is 5.28. The molecule has 1 atom stereocenters.